The zero-order chi connectivity index (χ0) is 12.4. The third kappa shape index (κ3) is 2.88. The first kappa shape index (κ1) is 12.5. The number of hydrogen-bond acceptors (Lipinski definition) is 4. The molecule has 1 aliphatic carbocycles. The average molecular weight is 263 g/mol. The molecule has 0 aromatic heterocycles. The minimum atomic E-state index is 0.0718. The second kappa shape index (κ2) is 5.61. The quantitative estimate of drug-likeness (QED) is 0.784. The Morgan fingerprint density at radius 3 is 2.39 bits per heavy atom. The van der Waals surface area contributed by atoms with E-state index in [0.717, 1.165) is 11.7 Å². The summed E-state index contributed by atoms with van der Waals surface area (Å²) in [6.07, 6.45) is 6.61. The summed E-state index contributed by atoms with van der Waals surface area (Å²) >= 11 is 2.04. The van der Waals surface area contributed by atoms with E-state index in [1.807, 2.05) is 11.8 Å². The molecule has 1 aromatic rings. The Morgan fingerprint density at radius 2 is 1.78 bits per heavy atom. The van der Waals surface area contributed by atoms with Gasteiger partial charge in [-0.15, -0.1) is 11.8 Å². The first-order chi connectivity index (χ1) is 8.81. The van der Waals surface area contributed by atoms with Gasteiger partial charge in [-0.25, -0.2) is 10.9 Å². The second-order valence-corrected chi connectivity index (χ2v) is 6.65. The van der Waals surface area contributed by atoms with Gasteiger partial charge in [0.2, 0.25) is 0 Å². The van der Waals surface area contributed by atoms with E-state index in [2.05, 4.69) is 35.1 Å². The molecule has 0 radical (unpaired) electrons. The van der Waals surface area contributed by atoms with Gasteiger partial charge in [0.05, 0.1) is 6.17 Å². The SMILES string of the molecule is NC1CC(c2ccc(SC3CCCC3)cc2)NN1. The maximum Gasteiger partial charge on any atom is 0.0698 e. The van der Waals surface area contributed by atoms with E-state index in [9.17, 15) is 0 Å². The molecule has 18 heavy (non-hydrogen) atoms. The number of nitrogens with two attached hydrogens (primary N) is 1. The Bertz CT molecular complexity index is 387. The summed E-state index contributed by atoms with van der Waals surface area (Å²) in [7, 11) is 0. The van der Waals surface area contributed by atoms with Crippen LogP contribution in [0.25, 0.3) is 0 Å². The Morgan fingerprint density at radius 1 is 1.06 bits per heavy atom. The number of hydrogen-bond donors (Lipinski definition) is 3. The zero-order valence-corrected chi connectivity index (χ0v) is 11.4. The highest BCUT2D eigenvalue weighted by Crippen LogP contribution is 2.35. The monoisotopic (exact) mass is 263 g/mol. The molecule has 2 fully saturated rings. The third-order valence-corrected chi connectivity index (χ3v) is 5.17. The molecule has 2 atom stereocenters. The normalized spacial score (nSPS) is 28.9. The highest BCUT2D eigenvalue weighted by Gasteiger charge is 2.22. The van der Waals surface area contributed by atoms with E-state index in [1.165, 1.54) is 36.1 Å². The lowest BCUT2D eigenvalue weighted by atomic mass is 10.1. The lowest BCUT2D eigenvalue weighted by Crippen LogP contribution is -2.36. The van der Waals surface area contributed by atoms with Crippen molar-refractivity contribution in [3.05, 3.63) is 29.8 Å². The summed E-state index contributed by atoms with van der Waals surface area (Å²) in [5.41, 5.74) is 13.4. The summed E-state index contributed by atoms with van der Waals surface area (Å²) in [6.45, 7) is 0. The molecule has 1 heterocycles. The van der Waals surface area contributed by atoms with Crippen LogP contribution in [-0.2, 0) is 0 Å². The van der Waals surface area contributed by atoms with Gasteiger partial charge in [-0.2, -0.15) is 0 Å². The molecule has 1 saturated carbocycles. The van der Waals surface area contributed by atoms with Crippen LogP contribution in [-0.4, -0.2) is 11.4 Å². The molecule has 0 bridgehead atoms. The number of rotatable bonds is 3. The zero-order valence-electron chi connectivity index (χ0n) is 10.6. The van der Waals surface area contributed by atoms with Crippen LogP contribution in [0.2, 0.25) is 0 Å². The maximum atomic E-state index is 5.82. The lowest BCUT2D eigenvalue weighted by molar-refractivity contribution is 0.551. The van der Waals surface area contributed by atoms with Crippen molar-refractivity contribution in [1.82, 2.24) is 10.9 Å². The van der Waals surface area contributed by atoms with Crippen molar-refractivity contribution >= 4 is 11.8 Å². The lowest BCUT2D eigenvalue weighted by Gasteiger charge is -2.12. The van der Waals surface area contributed by atoms with Crippen LogP contribution >= 0.6 is 11.8 Å². The van der Waals surface area contributed by atoms with Crippen molar-refractivity contribution in [3.8, 4) is 0 Å². The van der Waals surface area contributed by atoms with Gasteiger partial charge in [-0.05, 0) is 37.0 Å². The minimum Gasteiger partial charge on any atom is -0.315 e. The summed E-state index contributed by atoms with van der Waals surface area (Å²) in [5.74, 6) is 0. The number of benzene rings is 1. The van der Waals surface area contributed by atoms with Crippen molar-refractivity contribution in [3.63, 3.8) is 0 Å². The van der Waals surface area contributed by atoms with Crippen molar-refractivity contribution in [1.29, 1.82) is 0 Å². The molecule has 0 amide bonds. The highest BCUT2D eigenvalue weighted by molar-refractivity contribution is 8.00. The molecule has 4 heteroatoms. The summed E-state index contributed by atoms with van der Waals surface area (Å²) in [6, 6.07) is 9.32. The van der Waals surface area contributed by atoms with Gasteiger partial charge in [0.15, 0.2) is 0 Å². The fourth-order valence-corrected chi connectivity index (χ4v) is 4.02. The van der Waals surface area contributed by atoms with Gasteiger partial charge < -0.3 is 5.73 Å². The highest BCUT2D eigenvalue weighted by atomic mass is 32.2. The molecular weight excluding hydrogens is 242 g/mol. The van der Waals surface area contributed by atoms with Gasteiger partial charge in [-0.3, -0.25) is 0 Å². The fraction of sp³-hybridized carbons (Fsp3) is 0.571. The van der Waals surface area contributed by atoms with E-state index in [0.29, 0.717) is 6.04 Å². The Balaban J connectivity index is 1.61. The summed E-state index contributed by atoms with van der Waals surface area (Å²) in [5, 5.41) is 0.843. The fourth-order valence-electron chi connectivity index (χ4n) is 2.78. The molecule has 98 valence electrons. The van der Waals surface area contributed by atoms with Crippen LogP contribution in [0.3, 0.4) is 0 Å². The smallest absolute Gasteiger partial charge is 0.0698 e. The molecule has 1 saturated heterocycles. The van der Waals surface area contributed by atoms with Gasteiger partial charge in [0, 0.05) is 16.2 Å². The van der Waals surface area contributed by atoms with Crippen molar-refractivity contribution < 1.29 is 0 Å². The van der Waals surface area contributed by atoms with Crippen LogP contribution in [0.5, 0.6) is 0 Å². The van der Waals surface area contributed by atoms with E-state index in [1.54, 1.807) is 0 Å². The maximum absolute atomic E-state index is 5.82. The van der Waals surface area contributed by atoms with E-state index in [4.69, 9.17) is 5.73 Å². The van der Waals surface area contributed by atoms with Crippen LogP contribution in [0.1, 0.15) is 43.7 Å². The van der Waals surface area contributed by atoms with Gasteiger partial charge >= 0.3 is 0 Å². The van der Waals surface area contributed by atoms with Gasteiger partial charge in [0.1, 0.15) is 0 Å². The Labute approximate surface area is 113 Å². The number of nitrogens with one attached hydrogen (secondary N) is 2. The standard InChI is InChI=1S/C14H21N3S/c15-14-9-13(16-17-14)10-5-7-12(8-6-10)18-11-3-1-2-4-11/h5-8,11,13-14,16-17H,1-4,9,15H2. The molecule has 2 unspecified atom stereocenters. The van der Waals surface area contributed by atoms with Crippen LogP contribution < -0.4 is 16.6 Å². The van der Waals surface area contributed by atoms with E-state index < -0.39 is 0 Å². The Kier molecular flexibility index (Phi) is 3.89. The minimum absolute atomic E-state index is 0.0718. The first-order valence-corrected chi connectivity index (χ1v) is 7.72. The van der Waals surface area contributed by atoms with E-state index >= 15 is 0 Å². The number of hydrazine groups is 1. The molecule has 1 aromatic carbocycles. The summed E-state index contributed by atoms with van der Waals surface area (Å²) < 4.78 is 0. The molecule has 3 nitrogen and oxygen atoms in total. The van der Waals surface area contributed by atoms with Gasteiger partial charge in [-0.1, -0.05) is 25.0 Å². The number of thioether (sulfide) groups is 1. The predicted molar refractivity (Wildman–Crippen MR) is 76.2 cm³/mol. The van der Waals surface area contributed by atoms with Crippen molar-refractivity contribution in [2.45, 2.75) is 54.5 Å². The molecule has 1 aliphatic heterocycles. The van der Waals surface area contributed by atoms with Crippen LogP contribution in [0.15, 0.2) is 29.2 Å². The van der Waals surface area contributed by atoms with Crippen molar-refractivity contribution in [2.24, 2.45) is 5.73 Å². The Hall–Kier alpha value is -0.550. The van der Waals surface area contributed by atoms with E-state index in [-0.39, 0.29) is 6.17 Å². The predicted octanol–water partition coefficient (Wildman–Crippen LogP) is 2.55. The topological polar surface area (TPSA) is 50.1 Å². The summed E-state index contributed by atoms with van der Waals surface area (Å²) in [4.78, 5) is 1.40. The molecule has 0 spiro atoms. The van der Waals surface area contributed by atoms with Gasteiger partial charge in [0.25, 0.3) is 0 Å². The molecule has 4 N–H and O–H groups in total. The second-order valence-electron chi connectivity index (χ2n) is 5.28. The molecular formula is C14H21N3S. The molecule has 2 aliphatic rings. The third-order valence-electron chi connectivity index (χ3n) is 3.82. The van der Waals surface area contributed by atoms with Crippen LogP contribution in [0, 0.1) is 0 Å². The largest absolute Gasteiger partial charge is 0.315 e. The van der Waals surface area contributed by atoms with Crippen molar-refractivity contribution in [2.75, 3.05) is 0 Å². The average Bonchev–Trinajstić information content (AvgIpc) is 3.02. The first-order valence-electron chi connectivity index (χ1n) is 6.84. The van der Waals surface area contributed by atoms with Crippen LogP contribution in [0.4, 0.5) is 0 Å². The molecule has 3 rings (SSSR count).